The van der Waals surface area contributed by atoms with Crippen LogP contribution in [0.15, 0.2) is 0 Å². The molecule has 0 bridgehead atoms. The van der Waals surface area contributed by atoms with E-state index in [4.69, 9.17) is 5.11 Å². The van der Waals surface area contributed by atoms with Crippen LogP contribution in [0.3, 0.4) is 0 Å². The summed E-state index contributed by atoms with van der Waals surface area (Å²) in [6, 6.07) is 0.323. The van der Waals surface area contributed by atoms with Gasteiger partial charge in [-0.25, -0.2) is 4.79 Å². The summed E-state index contributed by atoms with van der Waals surface area (Å²) < 4.78 is 0. The number of rotatable bonds is 6. The first-order valence-corrected chi connectivity index (χ1v) is 7.73. The highest BCUT2D eigenvalue weighted by Crippen LogP contribution is 2.22. The molecule has 0 aliphatic carbocycles. The van der Waals surface area contributed by atoms with Crippen LogP contribution in [0.2, 0.25) is 0 Å². The van der Waals surface area contributed by atoms with E-state index in [0.29, 0.717) is 18.9 Å². The Labute approximate surface area is 121 Å². The number of aliphatic carboxylic acids is 1. The second-order valence-corrected chi connectivity index (χ2v) is 5.96. The normalized spacial score (nSPS) is 19.2. The van der Waals surface area contributed by atoms with Crippen molar-refractivity contribution in [1.82, 2.24) is 9.80 Å². The van der Waals surface area contributed by atoms with Gasteiger partial charge in [0.25, 0.3) is 0 Å². The Kier molecular flexibility index (Phi) is 6.82. The van der Waals surface area contributed by atoms with Crippen LogP contribution in [0.1, 0.15) is 52.9 Å². The lowest BCUT2D eigenvalue weighted by Gasteiger charge is -2.38. The smallest absolute Gasteiger partial charge is 0.320 e. The fourth-order valence-corrected chi connectivity index (χ4v) is 2.80. The van der Waals surface area contributed by atoms with Crippen molar-refractivity contribution in [2.24, 2.45) is 5.92 Å². The number of amides is 2. The van der Waals surface area contributed by atoms with Gasteiger partial charge < -0.3 is 14.9 Å². The van der Waals surface area contributed by atoms with Gasteiger partial charge in [-0.15, -0.1) is 0 Å². The van der Waals surface area contributed by atoms with E-state index in [1.807, 2.05) is 23.6 Å². The highest BCUT2D eigenvalue weighted by atomic mass is 16.4. The van der Waals surface area contributed by atoms with Gasteiger partial charge >= 0.3 is 12.0 Å². The van der Waals surface area contributed by atoms with E-state index in [0.717, 1.165) is 32.4 Å². The van der Waals surface area contributed by atoms with E-state index in [9.17, 15) is 9.59 Å². The van der Waals surface area contributed by atoms with Gasteiger partial charge in [-0.3, -0.25) is 4.79 Å². The monoisotopic (exact) mass is 284 g/mol. The Morgan fingerprint density at radius 2 is 2.10 bits per heavy atom. The fourth-order valence-electron chi connectivity index (χ4n) is 2.80. The molecule has 0 radical (unpaired) electrons. The van der Waals surface area contributed by atoms with Gasteiger partial charge in [0.15, 0.2) is 0 Å². The quantitative estimate of drug-likeness (QED) is 0.816. The molecule has 5 heteroatoms. The number of likely N-dealkylation sites (tertiary alicyclic amines) is 1. The van der Waals surface area contributed by atoms with Gasteiger partial charge in [-0.2, -0.15) is 0 Å². The van der Waals surface area contributed by atoms with Crippen LogP contribution in [0.5, 0.6) is 0 Å². The fraction of sp³-hybridized carbons (Fsp3) is 0.867. The molecule has 0 aromatic carbocycles. The van der Waals surface area contributed by atoms with Crippen LogP contribution < -0.4 is 0 Å². The first-order chi connectivity index (χ1) is 9.45. The second-order valence-electron chi connectivity index (χ2n) is 5.96. The van der Waals surface area contributed by atoms with Crippen molar-refractivity contribution in [3.8, 4) is 0 Å². The molecule has 1 atom stereocenters. The van der Waals surface area contributed by atoms with E-state index in [-0.39, 0.29) is 18.5 Å². The summed E-state index contributed by atoms with van der Waals surface area (Å²) in [5.41, 5.74) is 0. The van der Waals surface area contributed by atoms with Crippen LogP contribution >= 0.6 is 0 Å². The third-order valence-corrected chi connectivity index (χ3v) is 3.89. The molecule has 2 amide bonds. The number of carboxylic acids is 1. The van der Waals surface area contributed by atoms with Crippen molar-refractivity contribution in [1.29, 1.82) is 0 Å². The summed E-state index contributed by atoms with van der Waals surface area (Å²) in [5, 5.41) is 8.76. The van der Waals surface area contributed by atoms with Crippen molar-refractivity contribution in [2.45, 2.75) is 58.9 Å². The molecule has 1 unspecified atom stereocenters. The zero-order valence-corrected chi connectivity index (χ0v) is 13.0. The van der Waals surface area contributed by atoms with Gasteiger partial charge in [-0.05, 0) is 45.4 Å². The second kappa shape index (κ2) is 8.12. The molecule has 1 rings (SSSR count). The largest absolute Gasteiger partial charge is 0.481 e. The molecule has 1 N–H and O–H groups in total. The zero-order chi connectivity index (χ0) is 15.1. The van der Waals surface area contributed by atoms with Gasteiger partial charge in [0.05, 0.1) is 0 Å². The number of carbonyl (C=O) groups is 2. The van der Waals surface area contributed by atoms with Crippen molar-refractivity contribution in [3.05, 3.63) is 0 Å². The highest BCUT2D eigenvalue weighted by Gasteiger charge is 2.28. The molecule has 1 fully saturated rings. The zero-order valence-electron chi connectivity index (χ0n) is 13.0. The van der Waals surface area contributed by atoms with E-state index in [2.05, 4.69) is 6.92 Å². The Morgan fingerprint density at radius 3 is 2.65 bits per heavy atom. The molecule has 0 aromatic heterocycles. The lowest BCUT2D eigenvalue weighted by atomic mass is 9.93. The molecule has 1 aliphatic heterocycles. The first-order valence-electron chi connectivity index (χ1n) is 7.73. The number of hydrogen-bond donors (Lipinski definition) is 1. The van der Waals surface area contributed by atoms with E-state index >= 15 is 0 Å². The Morgan fingerprint density at radius 1 is 1.40 bits per heavy atom. The van der Waals surface area contributed by atoms with E-state index in [1.165, 1.54) is 0 Å². The molecule has 1 saturated heterocycles. The SMILES string of the molecule is CCCN(C(=O)N1CCCC(CCC(=O)O)C1)C(C)C. The predicted octanol–water partition coefficient (Wildman–Crippen LogP) is 2.80. The topological polar surface area (TPSA) is 60.9 Å². The molecular weight excluding hydrogens is 256 g/mol. The van der Waals surface area contributed by atoms with Crippen LogP contribution in [-0.4, -0.2) is 52.6 Å². The standard InChI is InChI=1S/C15H28N2O3/c1-4-9-17(12(2)3)15(20)16-10-5-6-13(11-16)7-8-14(18)19/h12-13H,4-11H2,1-3H3,(H,18,19). The number of piperidine rings is 1. The number of urea groups is 1. The van der Waals surface area contributed by atoms with Gasteiger partial charge in [0.2, 0.25) is 0 Å². The Balaban J connectivity index is 2.56. The molecular formula is C15H28N2O3. The van der Waals surface area contributed by atoms with Crippen LogP contribution in [0.4, 0.5) is 4.79 Å². The van der Waals surface area contributed by atoms with Gasteiger partial charge in [0.1, 0.15) is 0 Å². The molecule has 5 nitrogen and oxygen atoms in total. The van der Waals surface area contributed by atoms with Crippen molar-refractivity contribution in [3.63, 3.8) is 0 Å². The van der Waals surface area contributed by atoms with E-state index < -0.39 is 5.97 Å². The summed E-state index contributed by atoms with van der Waals surface area (Å²) >= 11 is 0. The Bertz CT molecular complexity index is 331. The maximum Gasteiger partial charge on any atom is 0.320 e. The molecule has 1 heterocycles. The van der Waals surface area contributed by atoms with Crippen molar-refractivity contribution in [2.75, 3.05) is 19.6 Å². The minimum absolute atomic E-state index is 0.113. The maximum atomic E-state index is 12.5. The minimum atomic E-state index is -0.747. The average Bonchev–Trinajstić information content (AvgIpc) is 2.41. The molecule has 116 valence electrons. The molecule has 1 aliphatic rings. The number of carboxylic acid groups (broad SMARTS) is 1. The lowest BCUT2D eigenvalue weighted by molar-refractivity contribution is -0.137. The Hall–Kier alpha value is -1.26. The first kappa shape index (κ1) is 16.8. The van der Waals surface area contributed by atoms with Crippen LogP contribution in [0, 0.1) is 5.92 Å². The molecule has 0 aromatic rings. The minimum Gasteiger partial charge on any atom is -0.481 e. The third kappa shape index (κ3) is 5.02. The summed E-state index contributed by atoms with van der Waals surface area (Å²) in [6.07, 6.45) is 3.85. The number of nitrogens with zero attached hydrogens (tertiary/aromatic N) is 2. The molecule has 0 spiro atoms. The van der Waals surface area contributed by atoms with Crippen molar-refractivity contribution < 1.29 is 14.7 Å². The summed E-state index contributed by atoms with van der Waals surface area (Å²) in [7, 11) is 0. The summed E-state index contributed by atoms with van der Waals surface area (Å²) in [6.45, 7) is 8.45. The summed E-state index contributed by atoms with van der Waals surface area (Å²) in [5.74, 6) is -0.414. The van der Waals surface area contributed by atoms with Gasteiger partial charge in [-0.1, -0.05) is 6.92 Å². The lowest BCUT2D eigenvalue weighted by Crippen LogP contribution is -2.50. The van der Waals surface area contributed by atoms with Gasteiger partial charge in [0, 0.05) is 32.1 Å². The van der Waals surface area contributed by atoms with E-state index in [1.54, 1.807) is 0 Å². The van der Waals surface area contributed by atoms with Crippen molar-refractivity contribution >= 4 is 12.0 Å². The van der Waals surface area contributed by atoms with Crippen LogP contribution in [0.25, 0.3) is 0 Å². The highest BCUT2D eigenvalue weighted by molar-refractivity contribution is 5.75. The third-order valence-electron chi connectivity index (χ3n) is 3.89. The number of carbonyl (C=O) groups excluding carboxylic acids is 1. The number of hydrogen-bond acceptors (Lipinski definition) is 2. The summed E-state index contributed by atoms with van der Waals surface area (Å²) in [4.78, 5) is 27.0. The average molecular weight is 284 g/mol. The molecule has 0 saturated carbocycles. The maximum absolute atomic E-state index is 12.5. The predicted molar refractivity (Wildman–Crippen MR) is 78.7 cm³/mol. The molecule has 20 heavy (non-hydrogen) atoms. The van der Waals surface area contributed by atoms with Crippen LogP contribution in [-0.2, 0) is 4.79 Å².